The molecule has 1 aliphatic carbocycles. The Morgan fingerprint density at radius 2 is 2.00 bits per heavy atom. The summed E-state index contributed by atoms with van der Waals surface area (Å²) in [5.41, 5.74) is 1.03. The van der Waals surface area contributed by atoms with Crippen molar-refractivity contribution < 1.29 is 24.0 Å². The van der Waals surface area contributed by atoms with Crippen molar-refractivity contribution in [1.29, 1.82) is 0 Å². The van der Waals surface area contributed by atoms with Gasteiger partial charge < -0.3 is 9.47 Å². The van der Waals surface area contributed by atoms with Crippen molar-refractivity contribution in [2.24, 2.45) is 5.92 Å². The van der Waals surface area contributed by atoms with Crippen LogP contribution in [0.2, 0.25) is 0 Å². The van der Waals surface area contributed by atoms with E-state index in [4.69, 9.17) is 9.47 Å². The normalized spacial score (nSPS) is 19.5. The van der Waals surface area contributed by atoms with Crippen LogP contribution in [-0.4, -0.2) is 30.1 Å². The van der Waals surface area contributed by atoms with Crippen LogP contribution in [0.25, 0.3) is 0 Å². The van der Waals surface area contributed by atoms with Gasteiger partial charge in [0.15, 0.2) is 0 Å². The van der Waals surface area contributed by atoms with Crippen LogP contribution in [0.5, 0.6) is 0 Å². The number of nitro groups is 1. The molecule has 0 aliphatic heterocycles. The van der Waals surface area contributed by atoms with Crippen molar-refractivity contribution in [1.82, 2.24) is 0 Å². The van der Waals surface area contributed by atoms with Crippen molar-refractivity contribution >= 4 is 17.6 Å². The van der Waals surface area contributed by atoms with Crippen molar-refractivity contribution in [3.63, 3.8) is 0 Å². The van der Waals surface area contributed by atoms with E-state index in [1.807, 2.05) is 0 Å². The average Bonchev–Trinajstić information content (AvgIpc) is 3.33. The molecule has 1 aliphatic rings. The first-order chi connectivity index (χ1) is 11.5. The van der Waals surface area contributed by atoms with Gasteiger partial charge in [0.05, 0.1) is 18.1 Å². The lowest BCUT2D eigenvalue weighted by Crippen LogP contribution is -2.13. The number of non-ortho nitro benzene ring substituents is 1. The molecule has 1 aromatic rings. The fraction of sp³-hybridized carbons (Fsp3) is 0.412. The molecule has 1 fully saturated rings. The van der Waals surface area contributed by atoms with E-state index in [0.717, 1.165) is 5.56 Å². The van der Waals surface area contributed by atoms with E-state index in [2.05, 4.69) is 0 Å². The topological polar surface area (TPSA) is 95.7 Å². The summed E-state index contributed by atoms with van der Waals surface area (Å²) in [6.45, 7) is 3.78. The van der Waals surface area contributed by atoms with Gasteiger partial charge in [-0.1, -0.05) is 12.1 Å². The van der Waals surface area contributed by atoms with Crippen LogP contribution in [0.1, 0.15) is 31.7 Å². The number of hydrogen-bond acceptors (Lipinski definition) is 6. The Labute approximate surface area is 139 Å². The Morgan fingerprint density at radius 3 is 2.62 bits per heavy atom. The van der Waals surface area contributed by atoms with E-state index >= 15 is 0 Å². The second-order valence-corrected chi connectivity index (χ2v) is 5.37. The maximum absolute atomic E-state index is 12.1. The van der Waals surface area contributed by atoms with Crippen molar-refractivity contribution in [3.8, 4) is 0 Å². The molecule has 0 spiro atoms. The third-order valence-corrected chi connectivity index (χ3v) is 3.77. The van der Waals surface area contributed by atoms with Gasteiger partial charge in [-0.05, 0) is 37.7 Å². The predicted molar refractivity (Wildman–Crippen MR) is 85.3 cm³/mol. The van der Waals surface area contributed by atoms with Crippen LogP contribution < -0.4 is 0 Å². The van der Waals surface area contributed by atoms with Crippen LogP contribution in [0.15, 0.2) is 35.9 Å². The van der Waals surface area contributed by atoms with Crippen LogP contribution in [0, 0.1) is 16.0 Å². The van der Waals surface area contributed by atoms with Crippen LogP contribution in [0.3, 0.4) is 0 Å². The fourth-order valence-electron chi connectivity index (χ4n) is 2.62. The molecule has 1 saturated carbocycles. The summed E-state index contributed by atoms with van der Waals surface area (Å²) in [6.07, 6.45) is 1.80. The highest BCUT2D eigenvalue weighted by atomic mass is 16.6. The summed E-state index contributed by atoms with van der Waals surface area (Å²) in [7, 11) is 0. The van der Waals surface area contributed by atoms with E-state index in [0.29, 0.717) is 6.42 Å². The number of hydrogen-bond donors (Lipinski definition) is 0. The number of nitro benzene ring substituents is 1. The summed E-state index contributed by atoms with van der Waals surface area (Å²) in [4.78, 5) is 34.2. The molecular formula is C17H19NO6. The van der Waals surface area contributed by atoms with Gasteiger partial charge in [-0.25, -0.2) is 9.59 Å². The minimum Gasteiger partial charge on any atom is -0.463 e. The van der Waals surface area contributed by atoms with E-state index in [1.165, 1.54) is 18.2 Å². The quantitative estimate of drug-likeness (QED) is 0.329. The summed E-state index contributed by atoms with van der Waals surface area (Å²) in [6, 6.07) is 6.31. The van der Waals surface area contributed by atoms with Crippen LogP contribution in [0.4, 0.5) is 5.69 Å². The minimum absolute atomic E-state index is 0.00482. The fourth-order valence-corrected chi connectivity index (χ4v) is 2.62. The molecule has 0 amide bonds. The molecule has 0 N–H and O–H groups in total. The molecule has 0 saturated heterocycles. The van der Waals surface area contributed by atoms with Crippen LogP contribution >= 0.6 is 0 Å². The molecule has 24 heavy (non-hydrogen) atoms. The van der Waals surface area contributed by atoms with Crippen LogP contribution in [-0.2, 0) is 19.1 Å². The van der Waals surface area contributed by atoms with E-state index < -0.39 is 16.9 Å². The van der Waals surface area contributed by atoms with E-state index in [1.54, 1.807) is 26.0 Å². The van der Waals surface area contributed by atoms with Crippen molar-refractivity contribution in [2.45, 2.75) is 26.2 Å². The molecule has 0 heterocycles. The van der Waals surface area contributed by atoms with Gasteiger partial charge in [0.25, 0.3) is 5.69 Å². The Morgan fingerprint density at radius 1 is 1.29 bits per heavy atom. The maximum atomic E-state index is 12.1. The number of benzene rings is 1. The molecule has 2 rings (SSSR count). The Bertz CT molecular complexity index is 681. The molecule has 0 radical (unpaired) electrons. The smallest absolute Gasteiger partial charge is 0.334 e. The van der Waals surface area contributed by atoms with Gasteiger partial charge in [0.1, 0.15) is 0 Å². The molecule has 0 bridgehead atoms. The Balaban J connectivity index is 2.21. The maximum Gasteiger partial charge on any atom is 0.334 e. The summed E-state index contributed by atoms with van der Waals surface area (Å²) >= 11 is 0. The number of rotatable bonds is 7. The molecule has 0 aromatic heterocycles. The second-order valence-electron chi connectivity index (χ2n) is 5.37. The van der Waals surface area contributed by atoms with E-state index in [-0.39, 0.29) is 36.3 Å². The highest BCUT2D eigenvalue weighted by molar-refractivity contribution is 5.97. The zero-order chi connectivity index (χ0) is 17.7. The van der Waals surface area contributed by atoms with Crippen molar-refractivity contribution in [3.05, 3.63) is 51.6 Å². The number of carbonyl (C=O) groups excluding carboxylic acids is 2. The van der Waals surface area contributed by atoms with Gasteiger partial charge in [0, 0.05) is 23.8 Å². The lowest BCUT2D eigenvalue weighted by atomic mass is 10.0. The highest BCUT2D eigenvalue weighted by Gasteiger charge is 2.44. The largest absolute Gasteiger partial charge is 0.463 e. The minimum atomic E-state index is -0.592. The first kappa shape index (κ1) is 17.7. The molecular weight excluding hydrogens is 314 g/mol. The number of ether oxygens (including phenoxy) is 2. The van der Waals surface area contributed by atoms with Gasteiger partial charge in [-0.3, -0.25) is 10.1 Å². The second kappa shape index (κ2) is 7.72. The Kier molecular flexibility index (Phi) is 5.68. The number of nitrogens with zero attached hydrogens (tertiary/aromatic N) is 1. The summed E-state index contributed by atoms with van der Waals surface area (Å²) in [5, 5.41) is 10.9. The third kappa shape index (κ3) is 4.18. The molecule has 1 aromatic carbocycles. The van der Waals surface area contributed by atoms with Gasteiger partial charge >= 0.3 is 11.9 Å². The molecule has 0 unspecified atom stereocenters. The zero-order valence-electron chi connectivity index (χ0n) is 13.6. The zero-order valence-corrected chi connectivity index (χ0v) is 13.6. The SMILES string of the molecule is CCOC(=O)/C=C(\C(=O)OCC)[C@@H]1C[C@H]1c1cccc([N+](=O)[O-])c1. The highest BCUT2D eigenvalue weighted by Crippen LogP contribution is 2.52. The number of esters is 2. The van der Waals surface area contributed by atoms with Gasteiger partial charge in [-0.2, -0.15) is 0 Å². The first-order valence-corrected chi connectivity index (χ1v) is 7.77. The average molecular weight is 333 g/mol. The first-order valence-electron chi connectivity index (χ1n) is 7.77. The van der Waals surface area contributed by atoms with Crippen molar-refractivity contribution in [2.75, 3.05) is 13.2 Å². The summed E-state index contributed by atoms with van der Waals surface area (Å²) in [5.74, 6) is -1.39. The Hall–Kier alpha value is -2.70. The molecule has 7 nitrogen and oxygen atoms in total. The third-order valence-electron chi connectivity index (χ3n) is 3.77. The summed E-state index contributed by atoms with van der Waals surface area (Å²) < 4.78 is 9.87. The molecule has 7 heteroatoms. The molecule has 128 valence electrons. The monoisotopic (exact) mass is 333 g/mol. The predicted octanol–water partition coefficient (Wildman–Crippen LogP) is 2.75. The number of carbonyl (C=O) groups is 2. The van der Waals surface area contributed by atoms with E-state index in [9.17, 15) is 19.7 Å². The van der Waals surface area contributed by atoms with Gasteiger partial charge in [0.2, 0.25) is 0 Å². The lowest BCUT2D eigenvalue weighted by Gasteiger charge is -2.07. The lowest BCUT2D eigenvalue weighted by molar-refractivity contribution is -0.384. The van der Waals surface area contributed by atoms with Gasteiger partial charge in [-0.15, -0.1) is 0 Å². The molecule has 2 atom stereocenters. The standard InChI is InChI=1S/C17H19NO6/c1-3-23-16(19)10-15(17(20)24-4-2)14-9-13(14)11-6-5-7-12(8-11)18(21)22/h5-8,10,13-14H,3-4,9H2,1-2H3/b15-10-/t13-,14+/m0/s1.